The van der Waals surface area contributed by atoms with Crippen molar-refractivity contribution >= 4 is 15.8 Å². The number of carbonyl (C=O) groups is 1. The molecule has 8 nitrogen and oxygen atoms in total. The summed E-state index contributed by atoms with van der Waals surface area (Å²) in [6.45, 7) is 3.04. The van der Waals surface area contributed by atoms with E-state index >= 15 is 0 Å². The third-order valence-electron chi connectivity index (χ3n) is 5.98. The largest absolute Gasteiger partial charge is 0.497 e. The lowest BCUT2D eigenvalue weighted by Crippen LogP contribution is -2.44. The molecule has 0 saturated heterocycles. The van der Waals surface area contributed by atoms with Crippen molar-refractivity contribution in [3.63, 3.8) is 0 Å². The van der Waals surface area contributed by atoms with Crippen LogP contribution in [-0.2, 0) is 25.9 Å². The number of rotatable bonds is 11. The van der Waals surface area contributed by atoms with Gasteiger partial charge in [0.05, 0.1) is 18.1 Å². The fraction of sp³-hybridized carbons (Fsp3) is 0.500. The summed E-state index contributed by atoms with van der Waals surface area (Å²) >= 11 is 0. The monoisotopic (exact) mass is 476 g/mol. The molecule has 2 aromatic rings. The molecule has 1 fully saturated rings. The number of aromatic nitrogens is 1. The van der Waals surface area contributed by atoms with Crippen molar-refractivity contribution in [2.24, 2.45) is 5.92 Å². The number of ether oxygens (including phenoxy) is 2. The molecule has 1 aliphatic carbocycles. The smallest absolute Gasteiger partial charge is 0.320 e. The lowest BCUT2D eigenvalue weighted by molar-refractivity contribution is -0.141. The van der Waals surface area contributed by atoms with Crippen LogP contribution >= 0.6 is 0 Å². The van der Waals surface area contributed by atoms with Gasteiger partial charge < -0.3 is 19.9 Å². The van der Waals surface area contributed by atoms with Crippen molar-refractivity contribution in [2.45, 2.75) is 67.6 Å². The van der Waals surface area contributed by atoms with E-state index < -0.39 is 21.8 Å². The number of carboxylic acids is 1. The number of methoxy groups -OCH3 is 1. The topological polar surface area (TPSA) is 115 Å². The summed E-state index contributed by atoms with van der Waals surface area (Å²) in [5, 5.41) is 12.8. The van der Waals surface area contributed by atoms with Gasteiger partial charge in [-0.3, -0.25) is 4.79 Å². The van der Waals surface area contributed by atoms with Crippen molar-refractivity contribution in [2.75, 3.05) is 13.7 Å². The molecule has 0 aliphatic heterocycles. The van der Waals surface area contributed by atoms with E-state index in [4.69, 9.17) is 9.47 Å². The highest BCUT2D eigenvalue weighted by molar-refractivity contribution is 7.91. The number of hydrogen-bond acceptors (Lipinski definition) is 7. The van der Waals surface area contributed by atoms with Crippen LogP contribution < -0.4 is 10.1 Å². The minimum atomic E-state index is -3.80. The average Bonchev–Trinajstić information content (AvgIpc) is 2.83. The summed E-state index contributed by atoms with van der Waals surface area (Å²) < 4.78 is 36.8. The Morgan fingerprint density at radius 1 is 1.18 bits per heavy atom. The van der Waals surface area contributed by atoms with Crippen LogP contribution in [0.25, 0.3) is 0 Å². The Kier molecular flexibility index (Phi) is 8.82. The minimum Gasteiger partial charge on any atom is -0.497 e. The molecule has 1 atom stereocenters. The van der Waals surface area contributed by atoms with Crippen molar-refractivity contribution in [1.82, 2.24) is 10.3 Å². The highest BCUT2D eigenvalue weighted by Crippen LogP contribution is 2.29. The van der Waals surface area contributed by atoms with Crippen LogP contribution in [0.1, 0.15) is 44.6 Å². The number of hydrogen-bond donors (Lipinski definition) is 2. The Morgan fingerprint density at radius 2 is 1.88 bits per heavy atom. The first-order valence-corrected chi connectivity index (χ1v) is 12.7. The highest BCUT2D eigenvalue weighted by Gasteiger charge is 2.32. The van der Waals surface area contributed by atoms with Gasteiger partial charge in [-0.1, -0.05) is 6.92 Å². The number of nitrogens with zero attached hydrogens (tertiary/aromatic N) is 1. The SMILES string of the molecule is CCCOC1CCC([C@@H](NCc2ccnc(S(=O)(=O)c3ccc(OC)cc3)c2)C(=O)O)CC1. The summed E-state index contributed by atoms with van der Waals surface area (Å²) in [5.41, 5.74) is 0.656. The molecule has 1 saturated carbocycles. The second kappa shape index (κ2) is 11.6. The zero-order valence-corrected chi connectivity index (χ0v) is 19.9. The third-order valence-corrected chi connectivity index (χ3v) is 7.65. The molecule has 0 radical (unpaired) electrons. The lowest BCUT2D eigenvalue weighted by atomic mass is 9.82. The van der Waals surface area contributed by atoms with Gasteiger partial charge in [0.15, 0.2) is 5.03 Å². The fourth-order valence-corrected chi connectivity index (χ4v) is 5.38. The summed E-state index contributed by atoms with van der Waals surface area (Å²) in [6, 6.07) is 8.58. The fourth-order valence-electron chi connectivity index (χ4n) is 4.14. The molecule has 2 N–H and O–H groups in total. The van der Waals surface area contributed by atoms with Gasteiger partial charge in [-0.15, -0.1) is 0 Å². The number of carboxylic acid groups (broad SMARTS) is 1. The maximum absolute atomic E-state index is 13.0. The molecular weight excluding hydrogens is 444 g/mol. The second-order valence-electron chi connectivity index (χ2n) is 8.29. The first kappa shape index (κ1) is 25.1. The van der Waals surface area contributed by atoms with Gasteiger partial charge in [0.2, 0.25) is 9.84 Å². The molecule has 0 bridgehead atoms. The average molecular weight is 477 g/mol. The Bertz CT molecular complexity index is 1020. The summed E-state index contributed by atoms with van der Waals surface area (Å²) in [5.74, 6) is -0.327. The summed E-state index contributed by atoms with van der Waals surface area (Å²) in [7, 11) is -2.29. The van der Waals surface area contributed by atoms with Crippen LogP contribution in [-0.4, -0.2) is 50.3 Å². The zero-order chi connectivity index (χ0) is 23.8. The lowest BCUT2D eigenvalue weighted by Gasteiger charge is -2.32. The van der Waals surface area contributed by atoms with Crippen LogP contribution in [0.4, 0.5) is 0 Å². The van der Waals surface area contributed by atoms with Gasteiger partial charge in [-0.2, -0.15) is 0 Å². The molecule has 9 heteroatoms. The summed E-state index contributed by atoms with van der Waals surface area (Å²) in [4.78, 5) is 16.1. The van der Waals surface area contributed by atoms with Crippen LogP contribution in [0, 0.1) is 5.92 Å². The molecule has 0 spiro atoms. The van der Waals surface area contributed by atoms with E-state index in [2.05, 4.69) is 17.2 Å². The predicted molar refractivity (Wildman–Crippen MR) is 123 cm³/mol. The summed E-state index contributed by atoms with van der Waals surface area (Å²) in [6.07, 6.45) is 5.89. The number of nitrogens with one attached hydrogen (secondary N) is 1. The molecule has 1 aromatic heterocycles. The molecule has 33 heavy (non-hydrogen) atoms. The van der Waals surface area contributed by atoms with Gasteiger partial charge in [0, 0.05) is 19.3 Å². The van der Waals surface area contributed by atoms with Crippen molar-refractivity contribution in [3.05, 3.63) is 48.2 Å². The standard InChI is InChI=1S/C24H32N2O6S/c1-3-14-32-20-6-4-18(5-7-20)23(24(27)28)26-16-17-12-13-25-22(15-17)33(29,30)21-10-8-19(31-2)9-11-21/h8-13,15,18,20,23,26H,3-7,14,16H2,1-2H3,(H,27,28)/t18?,20?,23-/m1/s1. The van der Waals surface area contributed by atoms with Crippen LogP contribution in [0.2, 0.25) is 0 Å². The van der Waals surface area contributed by atoms with Gasteiger partial charge in [-0.25, -0.2) is 13.4 Å². The molecule has 3 rings (SSSR count). The molecule has 1 heterocycles. The quantitative estimate of drug-likeness (QED) is 0.507. The minimum absolute atomic E-state index is 0.00770. The number of aliphatic carboxylic acids is 1. The molecule has 1 aliphatic rings. The van der Waals surface area contributed by atoms with E-state index in [1.807, 2.05) is 0 Å². The Labute approximate surface area is 195 Å². The zero-order valence-electron chi connectivity index (χ0n) is 19.1. The van der Waals surface area contributed by atoms with Crippen molar-refractivity contribution in [1.29, 1.82) is 0 Å². The predicted octanol–water partition coefficient (Wildman–Crippen LogP) is 3.45. The molecular formula is C24H32N2O6S. The Balaban J connectivity index is 1.65. The van der Waals surface area contributed by atoms with E-state index in [0.717, 1.165) is 38.7 Å². The first-order valence-electron chi connectivity index (χ1n) is 11.3. The van der Waals surface area contributed by atoms with E-state index in [-0.39, 0.29) is 28.5 Å². The highest BCUT2D eigenvalue weighted by atomic mass is 32.2. The van der Waals surface area contributed by atoms with Gasteiger partial charge in [0.1, 0.15) is 11.8 Å². The Morgan fingerprint density at radius 3 is 2.48 bits per heavy atom. The maximum atomic E-state index is 13.0. The first-order chi connectivity index (χ1) is 15.8. The number of pyridine rings is 1. The molecule has 0 amide bonds. The van der Waals surface area contributed by atoms with E-state index in [1.54, 1.807) is 18.2 Å². The third kappa shape index (κ3) is 6.52. The van der Waals surface area contributed by atoms with Gasteiger partial charge in [-0.05, 0) is 80.0 Å². The second-order valence-corrected chi connectivity index (χ2v) is 10.2. The van der Waals surface area contributed by atoms with E-state index in [9.17, 15) is 18.3 Å². The molecule has 180 valence electrons. The van der Waals surface area contributed by atoms with Gasteiger partial charge in [0.25, 0.3) is 0 Å². The van der Waals surface area contributed by atoms with Crippen LogP contribution in [0.5, 0.6) is 5.75 Å². The van der Waals surface area contributed by atoms with Crippen LogP contribution in [0.15, 0.2) is 52.5 Å². The Hall–Kier alpha value is -2.49. The molecule has 1 aromatic carbocycles. The van der Waals surface area contributed by atoms with E-state index in [1.165, 1.54) is 31.5 Å². The molecule has 0 unspecified atom stereocenters. The van der Waals surface area contributed by atoms with Crippen molar-refractivity contribution < 1.29 is 27.8 Å². The normalized spacial score (nSPS) is 19.7. The van der Waals surface area contributed by atoms with Gasteiger partial charge >= 0.3 is 5.97 Å². The van der Waals surface area contributed by atoms with Crippen LogP contribution in [0.3, 0.4) is 0 Å². The number of sulfone groups is 1. The van der Waals surface area contributed by atoms with Crippen molar-refractivity contribution in [3.8, 4) is 5.75 Å². The van der Waals surface area contributed by atoms with E-state index in [0.29, 0.717) is 11.3 Å². The number of benzene rings is 1. The maximum Gasteiger partial charge on any atom is 0.320 e.